The molecule has 3 unspecified atom stereocenters. The molecule has 4 N–H and O–H groups in total. The van der Waals surface area contributed by atoms with Gasteiger partial charge >= 0.3 is 5.97 Å². The van der Waals surface area contributed by atoms with Crippen molar-refractivity contribution in [2.24, 2.45) is 11.7 Å². The maximum absolute atomic E-state index is 11.8. The summed E-state index contributed by atoms with van der Waals surface area (Å²) in [5.74, 6) is -0.0225. The van der Waals surface area contributed by atoms with Crippen molar-refractivity contribution in [2.45, 2.75) is 68.9 Å². The van der Waals surface area contributed by atoms with E-state index in [1.807, 2.05) is 6.92 Å². The zero-order valence-electron chi connectivity index (χ0n) is 17.1. The van der Waals surface area contributed by atoms with Crippen molar-refractivity contribution >= 4 is 17.6 Å². The SMILES string of the molecule is CCC(Cl)CCCOCC(N)C(O)(Cc1cc(OCCC2CC2)ccn1)C(=O)O. The molecule has 3 atom stereocenters. The summed E-state index contributed by atoms with van der Waals surface area (Å²) in [6.07, 6.45) is 7.31. The minimum atomic E-state index is -2.18. The predicted molar refractivity (Wildman–Crippen MR) is 111 cm³/mol. The van der Waals surface area contributed by atoms with Gasteiger partial charge in [0.1, 0.15) is 5.75 Å². The van der Waals surface area contributed by atoms with Crippen molar-refractivity contribution in [1.29, 1.82) is 0 Å². The third kappa shape index (κ3) is 8.09. The van der Waals surface area contributed by atoms with E-state index in [2.05, 4.69) is 4.98 Å². The van der Waals surface area contributed by atoms with Gasteiger partial charge in [0.15, 0.2) is 5.60 Å². The Balaban J connectivity index is 1.86. The maximum Gasteiger partial charge on any atom is 0.337 e. The van der Waals surface area contributed by atoms with Crippen LogP contribution in [0.3, 0.4) is 0 Å². The number of nitrogens with two attached hydrogens (primary N) is 1. The Morgan fingerprint density at radius 1 is 1.45 bits per heavy atom. The number of aliphatic hydroxyl groups is 1. The molecule has 1 aliphatic rings. The van der Waals surface area contributed by atoms with Gasteiger partial charge in [0.2, 0.25) is 0 Å². The van der Waals surface area contributed by atoms with E-state index >= 15 is 0 Å². The molecule has 0 spiro atoms. The van der Waals surface area contributed by atoms with Crippen LogP contribution in [0.2, 0.25) is 0 Å². The van der Waals surface area contributed by atoms with Crippen LogP contribution < -0.4 is 10.5 Å². The molecule has 2 rings (SSSR count). The van der Waals surface area contributed by atoms with E-state index < -0.39 is 17.6 Å². The second kappa shape index (κ2) is 11.7. The molecule has 0 saturated heterocycles. The number of nitrogens with zero attached hydrogens (tertiary/aromatic N) is 1. The Morgan fingerprint density at radius 2 is 2.21 bits per heavy atom. The Morgan fingerprint density at radius 3 is 2.86 bits per heavy atom. The second-order valence-electron chi connectivity index (χ2n) is 7.80. The number of aromatic nitrogens is 1. The van der Waals surface area contributed by atoms with Crippen LogP contribution in [0.25, 0.3) is 0 Å². The average molecular weight is 429 g/mol. The van der Waals surface area contributed by atoms with Crippen LogP contribution in [0.1, 0.15) is 51.1 Å². The van der Waals surface area contributed by atoms with Crippen molar-refractivity contribution in [2.75, 3.05) is 19.8 Å². The fraction of sp³-hybridized carbons (Fsp3) is 0.714. The molecule has 0 bridgehead atoms. The highest BCUT2D eigenvalue weighted by atomic mass is 35.5. The molecule has 1 saturated carbocycles. The molecule has 1 aliphatic carbocycles. The lowest BCUT2D eigenvalue weighted by molar-refractivity contribution is -0.162. The number of ether oxygens (including phenoxy) is 2. The fourth-order valence-corrected chi connectivity index (χ4v) is 3.15. The van der Waals surface area contributed by atoms with Gasteiger partial charge in [-0.2, -0.15) is 0 Å². The molecule has 0 radical (unpaired) electrons. The second-order valence-corrected chi connectivity index (χ2v) is 8.42. The van der Waals surface area contributed by atoms with Crippen molar-refractivity contribution in [1.82, 2.24) is 4.98 Å². The summed E-state index contributed by atoms with van der Waals surface area (Å²) in [6, 6.07) is 2.28. The van der Waals surface area contributed by atoms with Crippen molar-refractivity contribution in [3.63, 3.8) is 0 Å². The molecule has 8 heteroatoms. The highest BCUT2D eigenvalue weighted by Gasteiger charge is 2.43. The lowest BCUT2D eigenvalue weighted by Gasteiger charge is -2.29. The molecule has 1 aromatic rings. The summed E-state index contributed by atoms with van der Waals surface area (Å²) in [7, 11) is 0. The Hall–Kier alpha value is -1.41. The highest BCUT2D eigenvalue weighted by molar-refractivity contribution is 6.20. The van der Waals surface area contributed by atoms with Gasteiger partial charge in [-0.3, -0.25) is 4.98 Å². The topological polar surface area (TPSA) is 115 Å². The van der Waals surface area contributed by atoms with Crippen molar-refractivity contribution < 1.29 is 24.5 Å². The first-order valence-corrected chi connectivity index (χ1v) is 10.8. The third-order valence-corrected chi connectivity index (χ3v) is 5.79. The zero-order chi connectivity index (χ0) is 21.3. The Bertz CT molecular complexity index is 643. The first-order valence-electron chi connectivity index (χ1n) is 10.4. The largest absolute Gasteiger partial charge is 0.493 e. The van der Waals surface area contributed by atoms with E-state index in [-0.39, 0.29) is 18.4 Å². The van der Waals surface area contributed by atoms with E-state index in [9.17, 15) is 15.0 Å². The van der Waals surface area contributed by atoms with E-state index in [0.717, 1.165) is 31.6 Å². The van der Waals surface area contributed by atoms with E-state index in [0.29, 0.717) is 24.7 Å². The molecule has 1 fully saturated rings. The van der Waals surface area contributed by atoms with Crippen LogP contribution in [0.15, 0.2) is 18.3 Å². The van der Waals surface area contributed by atoms with E-state index in [1.165, 1.54) is 12.8 Å². The van der Waals surface area contributed by atoms with Gasteiger partial charge < -0.3 is 25.4 Å². The quantitative estimate of drug-likeness (QED) is 0.290. The number of hydrogen-bond donors (Lipinski definition) is 3. The summed E-state index contributed by atoms with van der Waals surface area (Å²) in [4.78, 5) is 15.9. The van der Waals surface area contributed by atoms with Crippen LogP contribution >= 0.6 is 11.6 Å². The first kappa shape index (κ1) is 23.9. The summed E-state index contributed by atoms with van der Waals surface area (Å²) in [5.41, 5.74) is 4.21. The number of hydrogen-bond acceptors (Lipinski definition) is 6. The Kier molecular flexibility index (Phi) is 9.62. The molecular weight excluding hydrogens is 396 g/mol. The molecule has 0 aromatic carbocycles. The number of alkyl halides is 1. The summed E-state index contributed by atoms with van der Waals surface area (Å²) in [6.45, 7) is 2.98. The fourth-order valence-electron chi connectivity index (χ4n) is 2.99. The minimum Gasteiger partial charge on any atom is -0.493 e. The summed E-state index contributed by atoms with van der Waals surface area (Å²) < 4.78 is 11.2. The van der Waals surface area contributed by atoms with Crippen LogP contribution in [0.5, 0.6) is 5.75 Å². The average Bonchev–Trinajstić information content (AvgIpc) is 3.51. The van der Waals surface area contributed by atoms with E-state index in [1.54, 1.807) is 18.3 Å². The first-order chi connectivity index (χ1) is 13.8. The molecule has 0 amide bonds. The van der Waals surface area contributed by atoms with Crippen LogP contribution in [-0.2, 0) is 16.0 Å². The Labute approximate surface area is 177 Å². The smallest absolute Gasteiger partial charge is 0.337 e. The number of carboxylic acids is 1. The van der Waals surface area contributed by atoms with Gasteiger partial charge in [0, 0.05) is 36.4 Å². The molecule has 7 nitrogen and oxygen atoms in total. The van der Waals surface area contributed by atoms with Gasteiger partial charge in [0.05, 0.1) is 19.3 Å². The standard InChI is InChI=1S/C21H33ClN2O5/c1-2-16(22)4-3-10-28-14-19(23)21(27,20(25)26)13-17-12-18(7-9-24-17)29-11-8-15-5-6-15/h7,9,12,15-16,19,27H,2-6,8,10-11,13-14,23H2,1H3,(H,25,26). The van der Waals surface area contributed by atoms with Crippen molar-refractivity contribution in [3.8, 4) is 5.75 Å². The lowest BCUT2D eigenvalue weighted by atomic mass is 9.89. The predicted octanol–water partition coefficient (Wildman–Crippen LogP) is 2.76. The monoisotopic (exact) mass is 428 g/mol. The van der Waals surface area contributed by atoms with Gasteiger partial charge in [-0.15, -0.1) is 11.6 Å². The van der Waals surface area contributed by atoms with E-state index in [4.69, 9.17) is 26.8 Å². The van der Waals surface area contributed by atoms with Gasteiger partial charge in [-0.1, -0.05) is 19.8 Å². The van der Waals surface area contributed by atoms with Gasteiger partial charge in [-0.25, -0.2) is 4.79 Å². The van der Waals surface area contributed by atoms with Gasteiger partial charge in [0.25, 0.3) is 0 Å². The third-order valence-electron chi connectivity index (χ3n) is 5.26. The molecule has 0 aliphatic heterocycles. The molecule has 1 heterocycles. The maximum atomic E-state index is 11.8. The van der Waals surface area contributed by atoms with Crippen molar-refractivity contribution in [3.05, 3.63) is 24.0 Å². The van der Waals surface area contributed by atoms with Crippen LogP contribution in [0.4, 0.5) is 0 Å². The zero-order valence-corrected chi connectivity index (χ0v) is 17.8. The lowest BCUT2D eigenvalue weighted by Crippen LogP contribution is -2.57. The minimum absolute atomic E-state index is 0.0700. The summed E-state index contributed by atoms with van der Waals surface area (Å²) >= 11 is 6.06. The normalized spacial score (nSPS) is 18.1. The number of rotatable bonds is 15. The highest BCUT2D eigenvalue weighted by Crippen LogP contribution is 2.32. The number of aliphatic carboxylic acids is 1. The van der Waals surface area contributed by atoms with Crippen LogP contribution in [-0.4, -0.2) is 58.0 Å². The molecule has 1 aromatic heterocycles. The van der Waals surface area contributed by atoms with Gasteiger partial charge in [-0.05, 0) is 37.7 Å². The molecule has 164 valence electrons. The van der Waals surface area contributed by atoms with Crippen LogP contribution in [0, 0.1) is 5.92 Å². The number of pyridine rings is 1. The number of carboxylic acid groups (broad SMARTS) is 1. The summed E-state index contributed by atoms with van der Waals surface area (Å²) in [5, 5.41) is 20.4. The molecule has 29 heavy (non-hydrogen) atoms. The number of halogens is 1. The molecular formula is C21H33ClN2O5. The number of carbonyl (C=O) groups is 1.